The van der Waals surface area contributed by atoms with E-state index in [9.17, 15) is 14.9 Å². The fraction of sp³-hybridized carbons (Fsp3) is 0. The van der Waals surface area contributed by atoms with E-state index in [0.29, 0.717) is 16.8 Å². The molecule has 3 rings (SSSR count). The number of amides is 1. The van der Waals surface area contributed by atoms with Crippen molar-refractivity contribution in [3.63, 3.8) is 0 Å². The van der Waals surface area contributed by atoms with Crippen molar-refractivity contribution in [2.75, 3.05) is 5.32 Å². The SMILES string of the molecule is O=C1Nc2ccc([N+](=O)[O-])cc2C1=Cc1ccccc1. The third kappa shape index (κ3) is 2.05. The Morgan fingerprint density at radius 1 is 1.10 bits per heavy atom. The summed E-state index contributed by atoms with van der Waals surface area (Å²) < 4.78 is 0. The number of fused-ring (bicyclic) bond motifs is 1. The van der Waals surface area contributed by atoms with E-state index < -0.39 is 4.92 Å². The van der Waals surface area contributed by atoms with E-state index in [0.717, 1.165) is 5.56 Å². The van der Waals surface area contributed by atoms with Crippen LogP contribution in [0.5, 0.6) is 0 Å². The molecule has 5 nitrogen and oxygen atoms in total. The van der Waals surface area contributed by atoms with Crippen molar-refractivity contribution in [2.24, 2.45) is 0 Å². The molecule has 2 aromatic carbocycles. The van der Waals surface area contributed by atoms with Gasteiger partial charge in [0, 0.05) is 29.0 Å². The van der Waals surface area contributed by atoms with E-state index in [1.54, 1.807) is 12.1 Å². The minimum atomic E-state index is -0.469. The third-order valence-electron chi connectivity index (χ3n) is 3.11. The zero-order valence-electron chi connectivity index (χ0n) is 10.4. The third-order valence-corrected chi connectivity index (χ3v) is 3.11. The number of nitro groups is 1. The number of rotatable bonds is 2. The Bertz CT molecular complexity index is 736. The van der Waals surface area contributed by atoms with Crippen LogP contribution in [-0.4, -0.2) is 10.8 Å². The van der Waals surface area contributed by atoms with Gasteiger partial charge in [-0.15, -0.1) is 0 Å². The van der Waals surface area contributed by atoms with Crippen molar-refractivity contribution in [2.45, 2.75) is 0 Å². The monoisotopic (exact) mass is 266 g/mol. The number of hydrogen-bond donors (Lipinski definition) is 1. The number of nitrogens with zero attached hydrogens (tertiary/aromatic N) is 1. The standard InChI is InChI=1S/C15H10N2O3/c18-15-13(8-10-4-2-1-3-5-10)12-9-11(17(19)20)6-7-14(12)16-15/h1-9H,(H,16,18). The van der Waals surface area contributed by atoms with Gasteiger partial charge in [0.05, 0.1) is 4.92 Å². The average Bonchev–Trinajstić information content (AvgIpc) is 2.75. The lowest BCUT2D eigenvalue weighted by atomic mass is 10.0. The number of non-ortho nitro benzene ring substituents is 1. The second kappa shape index (κ2) is 4.62. The first-order valence-electron chi connectivity index (χ1n) is 6.02. The Morgan fingerprint density at radius 2 is 1.85 bits per heavy atom. The van der Waals surface area contributed by atoms with E-state index in [2.05, 4.69) is 5.32 Å². The Kier molecular flexibility index (Phi) is 2.80. The fourth-order valence-corrected chi connectivity index (χ4v) is 2.15. The number of nitrogens with one attached hydrogen (secondary N) is 1. The van der Waals surface area contributed by atoms with Gasteiger partial charge in [0.15, 0.2) is 0 Å². The average molecular weight is 266 g/mol. The summed E-state index contributed by atoms with van der Waals surface area (Å²) in [5.74, 6) is -0.246. The lowest BCUT2D eigenvalue weighted by molar-refractivity contribution is -0.384. The number of hydrogen-bond acceptors (Lipinski definition) is 3. The van der Waals surface area contributed by atoms with Crippen molar-refractivity contribution >= 4 is 28.9 Å². The molecule has 5 heteroatoms. The molecule has 1 N–H and O–H groups in total. The number of carbonyl (C=O) groups excluding carboxylic acids is 1. The molecule has 20 heavy (non-hydrogen) atoms. The van der Waals surface area contributed by atoms with Crippen molar-refractivity contribution in [1.29, 1.82) is 0 Å². The molecule has 0 aliphatic carbocycles. The van der Waals surface area contributed by atoms with Gasteiger partial charge >= 0.3 is 0 Å². The normalized spacial score (nSPS) is 15.0. The van der Waals surface area contributed by atoms with E-state index in [4.69, 9.17) is 0 Å². The van der Waals surface area contributed by atoms with Crippen LogP contribution in [0.2, 0.25) is 0 Å². The van der Waals surface area contributed by atoms with Crippen LogP contribution in [0.1, 0.15) is 11.1 Å². The summed E-state index contributed by atoms with van der Waals surface area (Å²) in [6.45, 7) is 0. The molecule has 0 radical (unpaired) electrons. The van der Waals surface area contributed by atoms with Crippen molar-refractivity contribution in [3.05, 3.63) is 69.8 Å². The smallest absolute Gasteiger partial charge is 0.270 e. The number of benzene rings is 2. The van der Waals surface area contributed by atoms with Gasteiger partial charge in [0.25, 0.3) is 11.6 Å². The molecule has 1 aliphatic rings. The predicted octanol–water partition coefficient (Wildman–Crippen LogP) is 3.09. The van der Waals surface area contributed by atoms with Crippen LogP contribution in [-0.2, 0) is 4.79 Å². The van der Waals surface area contributed by atoms with Gasteiger partial charge in [-0.25, -0.2) is 0 Å². The zero-order chi connectivity index (χ0) is 14.1. The van der Waals surface area contributed by atoms with Gasteiger partial charge in [-0.1, -0.05) is 30.3 Å². The molecular weight excluding hydrogens is 256 g/mol. The fourth-order valence-electron chi connectivity index (χ4n) is 2.15. The van der Waals surface area contributed by atoms with E-state index >= 15 is 0 Å². The molecule has 0 saturated heterocycles. The van der Waals surface area contributed by atoms with E-state index in [1.165, 1.54) is 12.1 Å². The van der Waals surface area contributed by atoms with E-state index in [1.807, 2.05) is 30.3 Å². The van der Waals surface area contributed by atoms with Crippen LogP contribution in [0.25, 0.3) is 11.6 Å². The van der Waals surface area contributed by atoms with Gasteiger partial charge in [-0.05, 0) is 17.7 Å². The second-order valence-electron chi connectivity index (χ2n) is 4.41. The molecule has 0 unspecified atom stereocenters. The van der Waals surface area contributed by atoms with Crippen LogP contribution < -0.4 is 5.32 Å². The van der Waals surface area contributed by atoms with Crippen LogP contribution in [0.3, 0.4) is 0 Å². The maximum Gasteiger partial charge on any atom is 0.270 e. The van der Waals surface area contributed by atoms with Crippen LogP contribution >= 0.6 is 0 Å². The Morgan fingerprint density at radius 3 is 2.55 bits per heavy atom. The van der Waals surface area contributed by atoms with E-state index in [-0.39, 0.29) is 11.6 Å². The molecule has 0 bridgehead atoms. The minimum Gasteiger partial charge on any atom is -0.321 e. The molecule has 0 aromatic heterocycles. The summed E-state index contributed by atoms with van der Waals surface area (Å²) in [4.78, 5) is 22.3. The highest BCUT2D eigenvalue weighted by Gasteiger charge is 2.26. The molecule has 0 spiro atoms. The molecular formula is C15H10N2O3. The highest BCUT2D eigenvalue weighted by molar-refractivity contribution is 6.35. The Hall–Kier alpha value is -2.95. The molecule has 1 amide bonds. The van der Waals surface area contributed by atoms with Gasteiger partial charge < -0.3 is 5.32 Å². The maximum absolute atomic E-state index is 12.0. The first-order valence-corrected chi connectivity index (χ1v) is 6.02. The molecule has 0 fully saturated rings. The number of carbonyl (C=O) groups is 1. The van der Waals surface area contributed by atoms with Crippen molar-refractivity contribution in [1.82, 2.24) is 0 Å². The Balaban J connectivity index is 2.11. The molecule has 0 atom stereocenters. The lowest BCUT2D eigenvalue weighted by Crippen LogP contribution is -2.03. The first-order chi connectivity index (χ1) is 9.65. The van der Waals surface area contributed by atoms with Crippen LogP contribution in [0.15, 0.2) is 48.5 Å². The second-order valence-corrected chi connectivity index (χ2v) is 4.41. The molecule has 98 valence electrons. The maximum atomic E-state index is 12.0. The largest absolute Gasteiger partial charge is 0.321 e. The van der Waals surface area contributed by atoms with Gasteiger partial charge in [-0.2, -0.15) is 0 Å². The highest BCUT2D eigenvalue weighted by Crippen LogP contribution is 2.35. The molecule has 0 saturated carbocycles. The quantitative estimate of drug-likeness (QED) is 0.515. The minimum absolute atomic E-state index is 0.0285. The summed E-state index contributed by atoms with van der Waals surface area (Å²) >= 11 is 0. The first kappa shape index (κ1) is 12.1. The summed E-state index contributed by atoms with van der Waals surface area (Å²) in [7, 11) is 0. The number of anilines is 1. The Labute approximate surface area is 114 Å². The topological polar surface area (TPSA) is 72.2 Å². The molecule has 2 aromatic rings. The van der Waals surface area contributed by atoms with Gasteiger partial charge in [0.1, 0.15) is 0 Å². The molecule has 1 aliphatic heterocycles. The predicted molar refractivity (Wildman–Crippen MR) is 76.0 cm³/mol. The highest BCUT2D eigenvalue weighted by atomic mass is 16.6. The van der Waals surface area contributed by atoms with Crippen molar-refractivity contribution < 1.29 is 9.72 Å². The zero-order valence-corrected chi connectivity index (χ0v) is 10.4. The van der Waals surface area contributed by atoms with Gasteiger partial charge in [-0.3, -0.25) is 14.9 Å². The number of nitro benzene ring substituents is 1. The van der Waals surface area contributed by atoms with Crippen LogP contribution in [0, 0.1) is 10.1 Å². The van der Waals surface area contributed by atoms with Gasteiger partial charge in [0.2, 0.25) is 0 Å². The summed E-state index contributed by atoms with van der Waals surface area (Å²) in [6.07, 6.45) is 1.73. The summed E-state index contributed by atoms with van der Waals surface area (Å²) in [6, 6.07) is 13.7. The van der Waals surface area contributed by atoms with Crippen molar-refractivity contribution in [3.8, 4) is 0 Å². The molecule has 1 heterocycles. The van der Waals surface area contributed by atoms with Crippen LogP contribution in [0.4, 0.5) is 11.4 Å². The summed E-state index contributed by atoms with van der Waals surface area (Å²) in [5.41, 5.74) is 2.45. The summed E-state index contributed by atoms with van der Waals surface area (Å²) in [5, 5.41) is 13.5. The lowest BCUT2D eigenvalue weighted by Gasteiger charge is -1.99.